The fourth-order valence-electron chi connectivity index (χ4n) is 3.84. The molecule has 0 radical (unpaired) electrons. The van der Waals surface area contributed by atoms with Crippen LogP contribution >= 0.6 is 0 Å². The van der Waals surface area contributed by atoms with Gasteiger partial charge in [-0.1, -0.05) is 114 Å². The summed E-state index contributed by atoms with van der Waals surface area (Å²) in [5.74, 6) is 0. The van der Waals surface area contributed by atoms with E-state index in [1.807, 2.05) is 0 Å². The summed E-state index contributed by atoms with van der Waals surface area (Å²) in [6.07, 6.45) is 10.1. The van der Waals surface area contributed by atoms with E-state index in [0.29, 0.717) is 0 Å². The van der Waals surface area contributed by atoms with Gasteiger partial charge in [-0.2, -0.15) is 0 Å². The molecule has 2 aromatic rings. The number of hydrogen-bond acceptors (Lipinski definition) is 0. The Morgan fingerprint density at radius 2 is 1.40 bits per heavy atom. The number of rotatable bonds is 4. The van der Waals surface area contributed by atoms with Crippen LogP contribution in [0.25, 0.3) is 0 Å². The topological polar surface area (TPSA) is 0 Å². The normalized spacial score (nSPS) is 20.7. The van der Waals surface area contributed by atoms with Gasteiger partial charge in [0.25, 0.3) is 0 Å². The maximum absolute atomic E-state index is 2.42. The van der Waals surface area contributed by atoms with Crippen molar-refractivity contribution in [3.05, 3.63) is 95.6 Å². The van der Waals surface area contributed by atoms with Crippen molar-refractivity contribution in [2.45, 2.75) is 51.9 Å². The second-order valence-corrected chi connectivity index (χ2v) is 8.61. The fraction of sp³-hybridized carbons (Fsp3) is 0.360. The maximum atomic E-state index is 2.42. The summed E-state index contributed by atoms with van der Waals surface area (Å²) in [6, 6.07) is 20.0. The van der Waals surface area contributed by atoms with Crippen LogP contribution in [0.4, 0.5) is 0 Å². The van der Waals surface area contributed by atoms with E-state index in [4.69, 9.17) is 0 Å². The Labute approximate surface area is 153 Å². The minimum absolute atomic E-state index is 0.00341. The SMILES string of the molecule is CC(C)(c1ccccc1)c1cccc(C(C)(C)C2(C)C=CC=CC2)c1. The molecule has 1 aliphatic rings. The molecule has 0 N–H and O–H groups in total. The quantitative estimate of drug-likeness (QED) is 0.577. The van der Waals surface area contributed by atoms with Crippen molar-refractivity contribution in [2.24, 2.45) is 5.41 Å². The average Bonchev–Trinajstić information content (AvgIpc) is 2.63. The van der Waals surface area contributed by atoms with Gasteiger partial charge in [-0.25, -0.2) is 0 Å². The first-order valence-corrected chi connectivity index (χ1v) is 9.28. The van der Waals surface area contributed by atoms with Crippen LogP contribution in [-0.2, 0) is 10.8 Å². The van der Waals surface area contributed by atoms with Crippen LogP contribution in [-0.4, -0.2) is 0 Å². The van der Waals surface area contributed by atoms with Crippen molar-refractivity contribution < 1.29 is 0 Å². The van der Waals surface area contributed by atoms with Gasteiger partial charge in [0.1, 0.15) is 0 Å². The van der Waals surface area contributed by atoms with Crippen LogP contribution in [0.15, 0.2) is 78.9 Å². The Bertz CT molecular complexity index is 790. The molecule has 0 saturated carbocycles. The summed E-state index contributed by atoms with van der Waals surface area (Å²) in [6.45, 7) is 11.8. The highest BCUT2D eigenvalue weighted by molar-refractivity contribution is 5.42. The Kier molecular flexibility index (Phi) is 4.49. The van der Waals surface area contributed by atoms with Crippen LogP contribution in [0.5, 0.6) is 0 Å². The lowest BCUT2D eigenvalue weighted by Crippen LogP contribution is -2.38. The first-order valence-electron chi connectivity index (χ1n) is 9.28. The first-order chi connectivity index (χ1) is 11.8. The molecule has 0 heterocycles. The van der Waals surface area contributed by atoms with E-state index < -0.39 is 0 Å². The van der Waals surface area contributed by atoms with Crippen molar-refractivity contribution in [3.63, 3.8) is 0 Å². The molecule has 130 valence electrons. The van der Waals surface area contributed by atoms with Crippen LogP contribution < -0.4 is 0 Å². The summed E-state index contributed by atoms with van der Waals surface area (Å²) < 4.78 is 0. The van der Waals surface area contributed by atoms with Crippen LogP contribution in [0, 0.1) is 5.41 Å². The Morgan fingerprint density at radius 3 is 2.04 bits per heavy atom. The van der Waals surface area contributed by atoms with Gasteiger partial charge in [0.05, 0.1) is 0 Å². The molecule has 0 amide bonds. The van der Waals surface area contributed by atoms with Gasteiger partial charge in [0.15, 0.2) is 0 Å². The molecule has 25 heavy (non-hydrogen) atoms. The summed E-state index contributed by atoms with van der Waals surface area (Å²) in [5.41, 5.74) is 4.35. The monoisotopic (exact) mass is 330 g/mol. The van der Waals surface area contributed by atoms with Crippen LogP contribution in [0.1, 0.15) is 57.7 Å². The van der Waals surface area contributed by atoms with Crippen molar-refractivity contribution in [1.29, 1.82) is 0 Å². The molecule has 0 heteroatoms. The molecule has 0 aliphatic heterocycles. The highest BCUT2D eigenvalue weighted by Gasteiger charge is 2.40. The molecule has 0 bridgehead atoms. The lowest BCUT2D eigenvalue weighted by Gasteiger charge is -2.44. The van der Waals surface area contributed by atoms with Gasteiger partial charge in [0, 0.05) is 5.41 Å². The van der Waals surface area contributed by atoms with Crippen molar-refractivity contribution in [2.75, 3.05) is 0 Å². The molecule has 2 aromatic carbocycles. The standard InChI is InChI=1S/C25H30/c1-23(2,20-13-8-6-9-14-20)21-15-12-16-22(19-21)24(3,4)25(5)17-10-7-11-18-25/h6-17,19H,18H2,1-5H3. The molecule has 1 unspecified atom stereocenters. The summed E-state index contributed by atoms with van der Waals surface area (Å²) in [5, 5.41) is 0. The van der Waals surface area contributed by atoms with E-state index in [1.165, 1.54) is 16.7 Å². The number of hydrogen-bond donors (Lipinski definition) is 0. The van der Waals surface area contributed by atoms with Crippen LogP contribution in [0.2, 0.25) is 0 Å². The van der Waals surface area contributed by atoms with E-state index in [-0.39, 0.29) is 16.2 Å². The van der Waals surface area contributed by atoms with Gasteiger partial charge in [-0.15, -0.1) is 0 Å². The van der Waals surface area contributed by atoms with Gasteiger partial charge >= 0.3 is 0 Å². The van der Waals surface area contributed by atoms with E-state index >= 15 is 0 Å². The molecule has 0 fully saturated rings. The van der Waals surface area contributed by atoms with Gasteiger partial charge in [-0.05, 0) is 33.9 Å². The zero-order valence-electron chi connectivity index (χ0n) is 16.2. The van der Waals surface area contributed by atoms with Gasteiger partial charge < -0.3 is 0 Å². The predicted octanol–water partition coefficient (Wildman–Crippen LogP) is 6.81. The van der Waals surface area contributed by atoms with E-state index in [1.54, 1.807) is 0 Å². The smallest absolute Gasteiger partial charge is 0.0146 e. The maximum Gasteiger partial charge on any atom is 0.0146 e. The highest BCUT2D eigenvalue weighted by Crippen LogP contribution is 2.47. The lowest BCUT2D eigenvalue weighted by molar-refractivity contribution is 0.239. The predicted molar refractivity (Wildman–Crippen MR) is 109 cm³/mol. The van der Waals surface area contributed by atoms with Gasteiger partial charge in [0.2, 0.25) is 0 Å². The number of benzene rings is 2. The second kappa shape index (κ2) is 6.33. The summed E-state index contributed by atoms with van der Waals surface area (Å²) in [4.78, 5) is 0. The molecule has 1 atom stereocenters. The minimum Gasteiger partial charge on any atom is -0.0837 e. The lowest BCUT2D eigenvalue weighted by atomic mass is 9.60. The third-order valence-electron chi connectivity index (χ3n) is 6.48. The van der Waals surface area contributed by atoms with Crippen molar-refractivity contribution in [3.8, 4) is 0 Å². The Morgan fingerprint density at radius 1 is 0.760 bits per heavy atom. The van der Waals surface area contributed by atoms with Gasteiger partial charge in [-0.3, -0.25) is 0 Å². The third kappa shape index (κ3) is 3.11. The summed E-state index contributed by atoms with van der Waals surface area (Å²) in [7, 11) is 0. The summed E-state index contributed by atoms with van der Waals surface area (Å²) >= 11 is 0. The Hall–Kier alpha value is -2.08. The Balaban J connectivity index is 2.02. The van der Waals surface area contributed by atoms with E-state index in [0.717, 1.165) is 6.42 Å². The average molecular weight is 331 g/mol. The van der Waals surface area contributed by atoms with Crippen molar-refractivity contribution in [1.82, 2.24) is 0 Å². The largest absolute Gasteiger partial charge is 0.0837 e. The van der Waals surface area contributed by atoms with E-state index in [2.05, 4.69) is 114 Å². The van der Waals surface area contributed by atoms with E-state index in [9.17, 15) is 0 Å². The second-order valence-electron chi connectivity index (χ2n) is 8.61. The van der Waals surface area contributed by atoms with Crippen LogP contribution in [0.3, 0.4) is 0 Å². The van der Waals surface area contributed by atoms with Crippen molar-refractivity contribution >= 4 is 0 Å². The first kappa shape index (κ1) is 17.7. The molecule has 0 aromatic heterocycles. The number of allylic oxidation sites excluding steroid dienone is 4. The highest BCUT2D eigenvalue weighted by atomic mass is 14.4. The molecule has 0 nitrogen and oxygen atoms in total. The fourth-order valence-corrected chi connectivity index (χ4v) is 3.84. The molecular weight excluding hydrogens is 300 g/mol. The molecule has 0 saturated heterocycles. The zero-order valence-corrected chi connectivity index (χ0v) is 16.2. The minimum atomic E-state index is -0.00341. The molecule has 3 rings (SSSR count). The molecule has 1 aliphatic carbocycles. The zero-order chi connectivity index (χ0) is 18.1. The molecule has 0 spiro atoms. The molecular formula is C25H30. The third-order valence-corrected chi connectivity index (χ3v) is 6.48.